The summed E-state index contributed by atoms with van der Waals surface area (Å²) in [6.07, 6.45) is 5.50. The fourth-order valence-electron chi connectivity index (χ4n) is 0.984. The van der Waals surface area contributed by atoms with Gasteiger partial charge >= 0.3 is 0 Å². The zero-order chi connectivity index (χ0) is 11.9. The van der Waals surface area contributed by atoms with Gasteiger partial charge in [0, 0.05) is 20.6 Å². The van der Waals surface area contributed by atoms with Crippen molar-refractivity contribution in [1.29, 1.82) is 0 Å². The molecule has 0 amide bonds. The van der Waals surface area contributed by atoms with Crippen molar-refractivity contribution in [2.45, 2.75) is 6.42 Å². The topological polar surface area (TPSA) is 36.9 Å². The van der Waals surface area contributed by atoms with Gasteiger partial charge in [-0.2, -0.15) is 0 Å². The lowest BCUT2D eigenvalue weighted by atomic mass is 10.5. The Morgan fingerprint density at radius 3 is 2.47 bits per heavy atom. The Kier molecular flexibility index (Phi) is 7.00. The average Bonchev–Trinajstić information content (AvgIpc) is 2.08. The van der Waals surface area contributed by atoms with Gasteiger partial charge in [0.2, 0.25) is 5.96 Å². The van der Waals surface area contributed by atoms with Crippen LogP contribution in [0, 0.1) is 0 Å². The van der Waals surface area contributed by atoms with Gasteiger partial charge in [-0.05, 0) is 29.8 Å². The van der Waals surface area contributed by atoms with Gasteiger partial charge in [0.1, 0.15) is 7.11 Å². The molecule has 0 aliphatic heterocycles. The van der Waals surface area contributed by atoms with Crippen molar-refractivity contribution >= 4 is 26.7 Å². The van der Waals surface area contributed by atoms with Crippen LogP contribution in [0.1, 0.15) is 6.42 Å². The Morgan fingerprint density at radius 2 is 2.07 bits per heavy atom. The third kappa shape index (κ3) is 8.74. The molecule has 0 unspecified atom stereocenters. The summed E-state index contributed by atoms with van der Waals surface area (Å²) in [4.78, 5) is 6.63. The number of oxime groups is 1. The van der Waals surface area contributed by atoms with E-state index in [1.54, 1.807) is 7.11 Å². The van der Waals surface area contributed by atoms with Gasteiger partial charge in [-0.25, -0.2) is 9.06 Å². The molecular weight excluding hydrogens is 230 g/mol. The van der Waals surface area contributed by atoms with E-state index in [0.29, 0.717) is 0 Å². The van der Waals surface area contributed by atoms with E-state index >= 15 is 0 Å². The van der Waals surface area contributed by atoms with E-state index in [2.05, 4.69) is 34.6 Å². The Labute approximate surface area is 99.5 Å². The number of hydrogen-bond acceptors (Lipinski definition) is 3. The second kappa shape index (κ2) is 7.11. The molecule has 92 valence electrons. The van der Waals surface area contributed by atoms with Crippen LogP contribution in [0.4, 0.5) is 0 Å². The smallest absolute Gasteiger partial charge is 0.235 e. The number of nitrogens with zero attached hydrogens (tertiary/aromatic N) is 2. The lowest BCUT2D eigenvalue weighted by Crippen LogP contribution is -2.37. The molecule has 0 aromatic heterocycles. The van der Waals surface area contributed by atoms with Crippen molar-refractivity contribution in [3.63, 3.8) is 0 Å². The van der Waals surface area contributed by atoms with Crippen LogP contribution in [0.15, 0.2) is 5.16 Å². The molecule has 15 heavy (non-hydrogen) atoms. The molecule has 0 aliphatic rings. The van der Waals surface area contributed by atoms with Crippen molar-refractivity contribution < 1.29 is 4.84 Å². The summed E-state index contributed by atoms with van der Waals surface area (Å²) < 4.78 is 0. The van der Waals surface area contributed by atoms with Crippen LogP contribution in [0.25, 0.3) is 0 Å². The van der Waals surface area contributed by atoms with Crippen molar-refractivity contribution in [2.24, 2.45) is 5.16 Å². The van der Waals surface area contributed by atoms with E-state index in [4.69, 9.17) is 4.84 Å². The normalized spacial score (nSPS) is 13.6. The van der Waals surface area contributed by atoms with Gasteiger partial charge in [0.15, 0.2) is 0 Å². The highest BCUT2D eigenvalue weighted by molar-refractivity contribution is 8.87. The Balaban J connectivity index is 3.78. The molecule has 0 bridgehead atoms. The molecule has 0 aromatic rings. The summed E-state index contributed by atoms with van der Waals surface area (Å²) in [5.74, 6) is 1.90. The number of rotatable bonds is 5. The highest BCUT2D eigenvalue weighted by atomic mass is 33.1. The monoisotopic (exact) mass is 253 g/mol. The van der Waals surface area contributed by atoms with E-state index in [9.17, 15) is 0 Å². The van der Waals surface area contributed by atoms with Gasteiger partial charge in [0.25, 0.3) is 0 Å². The fourth-order valence-corrected chi connectivity index (χ4v) is 2.22. The van der Waals surface area contributed by atoms with E-state index in [1.807, 2.05) is 19.0 Å². The second-order valence-electron chi connectivity index (χ2n) is 3.96. The molecule has 0 aromatic carbocycles. The molecule has 1 N–H and O–H groups in total. The third-order valence-corrected chi connectivity index (χ3v) is 3.54. The van der Waals surface area contributed by atoms with Crippen LogP contribution in [0.3, 0.4) is 0 Å². The van der Waals surface area contributed by atoms with Gasteiger partial charge < -0.3 is 15.1 Å². The molecule has 0 saturated carbocycles. The lowest BCUT2D eigenvalue weighted by Gasteiger charge is -2.24. The Morgan fingerprint density at radius 1 is 1.47 bits per heavy atom. The summed E-state index contributed by atoms with van der Waals surface area (Å²) in [6, 6.07) is 0. The first-order valence-electron chi connectivity index (χ1n) is 4.82. The van der Waals surface area contributed by atoms with Crippen molar-refractivity contribution in [3.05, 3.63) is 0 Å². The van der Waals surface area contributed by atoms with Crippen molar-refractivity contribution in [1.82, 2.24) is 10.2 Å². The van der Waals surface area contributed by atoms with Gasteiger partial charge in [-0.1, -0.05) is 0 Å². The van der Waals surface area contributed by atoms with E-state index in [-0.39, 0.29) is 0 Å². The molecule has 0 radical (unpaired) electrons. The predicted molar refractivity (Wildman–Crippen MR) is 74.0 cm³/mol. The molecule has 0 aliphatic carbocycles. The molecule has 0 atom stereocenters. The van der Waals surface area contributed by atoms with Crippen LogP contribution >= 0.6 is 20.7 Å². The second-order valence-corrected chi connectivity index (χ2v) is 10.3. The molecule has 6 heteroatoms. The molecule has 0 fully saturated rings. The van der Waals surface area contributed by atoms with Crippen LogP contribution in [-0.2, 0) is 4.84 Å². The molecule has 0 saturated heterocycles. The van der Waals surface area contributed by atoms with Crippen LogP contribution < -0.4 is 5.32 Å². The third-order valence-electron chi connectivity index (χ3n) is 1.71. The number of guanidine groups is 1. The highest BCUT2D eigenvalue weighted by Crippen LogP contribution is 2.44. The largest absolute Gasteiger partial charge is 0.396 e. The number of thiol groups is 1. The predicted octanol–water partition coefficient (Wildman–Crippen LogP) is 1.35. The first kappa shape index (κ1) is 14.8. The van der Waals surface area contributed by atoms with Gasteiger partial charge in [0.05, 0.1) is 0 Å². The molecule has 0 rings (SSSR count). The van der Waals surface area contributed by atoms with Crippen LogP contribution in [0.5, 0.6) is 0 Å². The standard InChI is InChI=1S/C9H23N3OS2/c1-12(2)9(11-13-3)10-7-6-8-15(4,5)14/h14H,6-8H2,1-5H3,(H,10,11). The fraction of sp³-hybridized carbons (Fsp3) is 0.889. The summed E-state index contributed by atoms with van der Waals surface area (Å²) in [6.45, 7) is 0.900. The number of nitrogens with one attached hydrogen (secondary N) is 1. The Bertz CT molecular complexity index is 202. The lowest BCUT2D eigenvalue weighted by molar-refractivity contribution is 0.206. The van der Waals surface area contributed by atoms with E-state index < -0.39 is 9.06 Å². The average molecular weight is 253 g/mol. The van der Waals surface area contributed by atoms with Crippen LogP contribution in [0.2, 0.25) is 0 Å². The number of hydrogen-bond donors (Lipinski definition) is 2. The maximum atomic E-state index is 4.74. The first-order valence-corrected chi connectivity index (χ1v) is 8.49. The zero-order valence-corrected chi connectivity index (χ0v) is 12.0. The minimum atomic E-state index is -0.685. The maximum Gasteiger partial charge on any atom is 0.235 e. The van der Waals surface area contributed by atoms with Gasteiger partial charge in [-0.3, -0.25) is 0 Å². The minimum Gasteiger partial charge on any atom is -0.396 e. The summed E-state index contributed by atoms with van der Waals surface area (Å²) in [5, 5.41) is 7.10. The summed E-state index contributed by atoms with van der Waals surface area (Å²) in [5.41, 5.74) is 0. The van der Waals surface area contributed by atoms with Crippen molar-refractivity contribution in [3.8, 4) is 0 Å². The minimum absolute atomic E-state index is 0.685. The Hall–Kier alpha value is -0.230. The summed E-state index contributed by atoms with van der Waals surface area (Å²) in [7, 11) is 4.72. The van der Waals surface area contributed by atoms with E-state index in [1.165, 1.54) is 0 Å². The molecule has 0 heterocycles. The maximum absolute atomic E-state index is 4.74. The quantitative estimate of drug-likeness (QED) is 0.194. The van der Waals surface area contributed by atoms with Crippen molar-refractivity contribution in [2.75, 3.05) is 46.0 Å². The molecule has 4 nitrogen and oxygen atoms in total. The SMILES string of the molecule is CO/N=C(/NCCCS(C)(C)S)N(C)C. The molecular formula is C9H23N3OS2. The van der Waals surface area contributed by atoms with E-state index in [0.717, 1.165) is 24.7 Å². The first-order chi connectivity index (χ1) is 6.87. The van der Waals surface area contributed by atoms with Crippen LogP contribution in [-0.4, -0.2) is 56.9 Å². The summed E-state index contributed by atoms with van der Waals surface area (Å²) >= 11 is 4.55. The highest BCUT2D eigenvalue weighted by Gasteiger charge is 2.05. The molecule has 0 spiro atoms. The van der Waals surface area contributed by atoms with Gasteiger partial charge in [-0.15, -0.1) is 11.7 Å². The zero-order valence-electron chi connectivity index (χ0n) is 10.3.